The van der Waals surface area contributed by atoms with Crippen LogP contribution in [0.25, 0.3) is 5.69 Å². The van der Waals surface area contributed by atoms with Crippen molar-refractivity contribution in [3.05, 3.63) is 84.2 Å². The molecule has 0 aliphatic rings. The first kappa shape index (κ1) is 11.4. The van der Waals surface area contributed by atoms with Gasteiger partial charge in [-0.15, -0.1) is 0 Å². The van der Waals surface area contributed by atoms with Crippen molar-refractivity contribution in [2.24, 2.45) is 0 Å². The molecule has 3 rings (SSSR count). The summed E-state index contributed by atoms with van der Waals surface area (Å²) in [6, 6.07) is 18.6. The van der Waals surface area contributed by atoms with Gasteiger partial charge in [-0.2, -0.15) is 5.10 Å². The van der Waals surface area contributed by atoms with E-state index in [2.05, 4.69) is 5.10 Å². The van der Waals surface area contributed by atoms with Crippen LogP contribution in [0.5, 0.6) is 0 Å². The fraction of sp³-hybridized carbons (Fsp3) is 0. The highest BCUT2D eigenvalue weighted by Crippen LogP contribution is 2.17. The quantitative estimate of drug-likeness (QED) is 0.667. The van der Waals surface area contributed by atoms with Crippen LogP contribution in [0.1, 0.15) is 15.9 Å². The summed E-state index contributed by atoms with van der Waals surface area (Å²) in [4.78, 5) is 12.5. The van der Waals surface area contributed by atoms with E-state index in [1.54, 1.807) is 10.9 Å². The van der Waals surface area contributed by atoms with E-state index in [1.807, 2.05) is 66.9 Å². The molecule has 3 aromatic rings. The average Bonchev–Trinajstić information content (AvgIpc) is 3.01. The minimum absolute atomic E-state index is 0.00620. The van der Waals surface area contributed by atoms with Gasteiger partial charge in [-0.05, 0) is 18.2 Å². The summed E-state index contributed by atoms with van der Waals surface area (Å²) < 4.78 is 1.70. The normalized spacial score (nSPS) is 10.3. The van der Waals surface area contributed by atoms with E-state index < -0.39 is 0 Å². The smallest absolute Gasteiger partial charge is 0.195 e. The van der Waals surface area contributed by atoms with E-state index in [1.165, 1.54) is 0 Å². The van der Waals surface area contributed by atoms with Gasteiger partial charge in [0, 0.05) is 23.5 Å². The number of carbonyl (C=O) groups excluding carboxylic acids is 1. The number of hydrogen-bond acceptors (Lipinski definition) is 2. The molecule has 0 fully saturated rings. The Balaban J connectivity index is 2.09. The third kappa shape index (κ3) is 2.18. The minimum atomic E-state index is 0.00620. The van der Waals surface area contributed by atoms with E-state index >= 15 is 0 Å². The Morgan fingerprint density at radius 1 is 0.895 bits per heavy atom. The van der Waals surface area contributed by atoms with E-state index in [0.717, 1.165) is 5.69 Å². The molecule has 0 radical (unpaired) electrons. The van der Waals surface area contributed by atoms with Crippen molar-refractivity contribution in [1.82, 2.24) is 9.78 Å². The van der Waals surface area contributed by atoms with Crippen molar-refractivity contribution in [3.8, 4) is 5.69 Å². The Hall–Kier alpha value is -2.68. The van der Waals surface area contributed by atoms with Crippen LogP contribution < -0.4 is 0 Å². The molecule has 3 heteroatoms. The van der Waals surface area contributed by atoms with Crippen LogP contribution in [0.4, 0.5) is 0 Å². The second-order valence-corrected chi connectivity index (χ2v) is 4.16. The molecule has 0 saturated carbocycles. The lowest BCUT2D eigenvalue weighted by Gasteiger charge is -2.08. The van der Waals surface area contributed by atoms with Crippen molar-refractivity contribution in [2.75, 3.05) is 0 Å². The molecule has 92 valence electrons. The van der Waals surface area contributed by atoms with Crippen LogP contribution in [0.2, 0.25) is 0 Å². The first-order chi connectivity index (χ1) is 9.36. The van der Waals surface area contributed by atoms with Gasteiger partial charge in [0.1, 0.15) is 0 Å². The van der Waals surface area contributed by atoms with Crippen molar-refractivity contribution in [1.29, 1.82) is 0 Å². The zero-order valence-corrected chi connectivity index (χ0v) is 10.2. The van der Waals surface area contributed by atoms with Crippen LogP contribution in [-0.4, -0.2) is 15.6 Å². The summed E-state index contributed by atoms with van der Waals surface area (Å²) >= 11 is 0. The zero-order valence-electron chi connectivity index (χ0n) is 10.2. The second kappa shape index (κ2) is 4.90. The van der Waals surface area contributed by atoms with Crippen LogP contribution in [-0.2, 0) is 0 Å². The van der Waals surface area contributed by atoms with Gasteiger partial charge in [0.25, 0.3) is 0 Å². The van der Waals surface area contributed by atoms with Crippen molar-refractivity contribution in [3.63, 3.8) is 0 Å². The summed E-state index contributed by atoms with van der Waals surface area (Å²) in [5.41, 5.74) is 2.13. The Labute approximate surface area is 111 Å². The summed E-state index contributed by atoms with van der Waals surface area (Å²) in [7, 11) is 0. The van der Waals surface area contributed by atoms with E-state index in [4.69, 9.17) is 0 Å². The van der Waals surface area contributed by atoms with Gasteiger partial charge in [0.15, 0.2) is 5.78 Å². The number of nitrogens with zero attached hydrogens (tertiary/aromatic N) is 2. The lowest BCUT2D eigenvalue weighted by molar-refractivity contribution is 0.103. The maximum Gasteiger partial charge on any atom is 0.195 e. The monoisotopic (exact) mass is 248 g/mol. The lowest BCUT2D eigenvalue weighted by Crippen LogP contribution is -2.07. The fourth-order valence-electron chi connectivity index (χ4n) is 2.02. The lowest BCUT2D eigenvalue weighted by atomic mass is 10.0. The molecular weight excluding hydrogens is 236 g/mol. The molecule has 1 aromatic heterocycles. The number of rotatable bonds is 3. The van der Waals surface area contributed by atoms with Crippen LogP contribution in [0.3, 0.4) is 0 Å². The van der Waals surface area contributed by atoms with Gasteiger partial charge in [-0.25, -0.2) is 4.68 Å². The summed E-state index contributed by atoms with van der Waals surface area (Å²) in [5, 5.41) is 4.19. The minimum Gasteiger partial charge on any atom is -0.289 e. The van der Waals surface area contributed by atoms with Gasteiger partial charge in [-0.3, -0.25) is 4.79 Å². The van der Waals surface area contributed by atoms with E-state index in [0.29, 0.717) is 11.1 Å². The predicted octanol–water partition coefficient (Wildman–Crippen LogP) is 3.10. The Kier molecular flexibility index (Phi) is 2.94. The summed E-state index contributed by atoms with van der Waals surface area (Å²) in [6.07, 6.45) is 3.53. The van der Waals surface area contributed by atoms with Gasteiger partial charge in [0.05, 0.1) is 5.69 Å². The van der Waals surface area contributed by atoms with Crippen molar-refractivity contribution >= 4 is 5.78 Å². The number of aromatic nitrogens is 2. The molecule has 0 aliphatic carbocycles. The van der Waals surface area contributed by atoms with Crippen LogP contribution in [0, 0.1) is 0 Å². The maximum absolute atomic E-state index is 12.5. The first-order valence-corrected chi connectivity index (χ1v) is 6.05. The Morgan fingerprint density at radius 2 is 1.63 bits per heavy atom. The van der Waals surface area contributed by atoms with E-state index in [-0.39, 0.29) is 5.78 Å². The standard InChI is InChI=1S/C16H12N2O/c19-16(13-7-2-1-3-8-13)14-9-4-5-10-15(14)18-12-6-11-17-18/h1-12H. The number of ketones is 1. The number of benzene rings is 2. The van der Waals surface area contributed by atoms with Gasteiger partial charge in [-0.1, -0.05) is 42.5 Å². The topological polar surface area (TPSA) is 34.9 Å². The number of carbonyl (C=O) groups is 1. The highest BCUT2D eigenvalue weighted by atomic mass is 16.1. The fourth-order valence-corrected chi connectivity index (χ4v) is 2.02. The third-order valence-corrected chi connectivity index (χ3v) is 2.94. The molecule has 0 aliphatic heterocycles. The summed E-state index contributed by atoms with van der Waals surface area (Å²) in [5.74, 6) is 0.00620. The van der Waals surface area contributed by atoms with Crippen molar-refractivity contribution in [2.45, 2.75) is 0 Å². The molecular formula is C16H12N2O. The molecule has 0 unspecified atom stereocenters. The summed E-state index contributed by atoms with van der Waals surface area (Å²) in [6.45, 7) is 0. The molecule has 2 aromatic carbocycles. The largest absolute Gasteiger partial charge is 0.289 e. The molecule has 1 heterocycles. The highest BCUT2D eigenvalue weighted by Gasteiger charge is 2.13. The van der Waals surface area contributed by atoms with Crippen LogP contribution in [0.15, 0.2) is 73.1 Å². The predicted molar refractivity (Wildman–Crippen MR) is 73.4 cm³/mol. The Morgan fingerprint density at radius 3 is 2.37 bits per heavy atom. The SMILES string of the molecule is O=C(c1ccccc1)c1ccccc1-n1cccn1. The van der Waals surface area contributed by atoms with Gasteiger partial charge < -0.3 is 0 Å². The van der Waals surface area contributed by atoms with Crippen LogP contribution >= 0.6 is 0 Å². The molecule has 0 amide bonds. The molecule has 0 N–H and O–H groups in total. The molecule has 0 saturated heterocycles. The molecule has 0 bridgehead atoms. The maximum atomic E-state index is 12.5. The molecule has 0 atom stereocenters. The molecule has 3 nitrogen and oxygen atoms in total. The second-order valence-electron chi connectivity index (χ2n) is 4.16. The number of hydrogen-bond donors (Lipinski definition) is 0. The highest BCUT2D eigenvalue weighted by molar-refractivity contribution is 6.11. The molecule has 0 spiro atoms. The molecule has 19 heavy (non-hydrogen) atoms. The first-order valence-electron chi connectivity index (χ1n) is 6.05. The third-order valence-electron chi connectivity index (χ3n) is 2.94. The van der Waals surface area contributed by atoms with Gasteiger partial charge >= 0.3 is 0 Å². The van der Waals surface area contributed by atoms with E-state index in [9.17, 15) is 4.79 Å². The Bertz CT molecular complexity index is 688. The zero-order chi connectivity index (χ0) is 13.1. The number of para-hydroxylation sites is 1. The van der Waals surface area contributed by atoms with Gasteiger partial charge in [0.2, 0.25) is 0 Å². The average molecular weight is 248 g/mol. The van der Waals surface area contributed by atoms with Crippen molar-refractivity contribution < 1.29 is 4.79 Å².